The summed E-state index contributed by atoms with van der Waals surface area (Å²) in [5.41, 5.74) is -0.262. The summed E-state index contributed by atoms with van der Waals surface area (Å²) in [4.78, 5) is 0. The first-order valence-electron chi connectivity index (χ1n) is 6.83. The van der Waals surface area contributed by atoms with Crippen molar-refractivity contribution < 1.29 is 9.84 Å². The zero-order chi connectivity index (χ0) is 11.8. The molecule has 1 aliphatic carbocycles. The molecule has 0 radical (unpaired) electrons. The summed E-state index contributed by atoms with van der Waals surface area (Å²) in [7, 11) is 0. The third-order valence-corrected chi connectivity index (χ3v) is 4.54. The first kappa shape index (κ1) is 12.4. The van der Waals surface area contributed by atoms with Gasteiger partial charge in [-0.05, 0) is 56.8 Å². The zero-order valence-corrected chi connectivity index (χ0v) is 10.9. The van der Waals surface area contributed by atoms with Gasteiger partial charge < -0.3 is 9.84 Å². The van der Waals surface area contributed by atoms with Crippen LogP contribution in [0.15, 0.2) is 0 Å². The molecule has 94 valence electrons. The van der Waals surface area contributed by atoms with Gasteiger partial charge in [0.15, 0.2) is 0 Å². The van der Waals surface area contributed by atoms with Gasteiger partial charge in [0.05, 0.1) is 11.7 Å². The highest BCUT2D eigenvalue weighted by atomic mass is 16.5. The molecule has 0 aromatic carbocycles. The summed E-state index contributed by atoms with van der Waals surface area (Å²) < 4.78 is 5.78. The van der Waals surface area contributed by atoms with Crippen molar-refractivity contribution in [2.24, 2.45) is 17.8 Å². The van der Waals surface area contributed by atoms with Crippen molar-refractivity contribution >= 4 is 0 Å². The van der Waals surface area contributed by atoms with Crippen LogP contribution >= 0.6 is 0 Å². The maximum Gasteiger partial charge on any atom is 0.0915 e. The molecule has 1 N–H and O–H groups in total. The van der Waals surface area contributed by atoms with Crippen LogP contribution in [0.3, 0.4) is 0 Å². The van der Waals surface area contributed by atoms with Gasteiger partial charge >= 0.3 is 0 Å². The Morgan fingerprint density at radius 2 is 1.81 bits per heavy atom. The van der Waals surface area contributed by atoms with E-state index in [1.165, 1.54) is 19.3 Å². The Morgan fingerprint density at radius 3 is 2.31 bits per heavy atom. The van der Waals surface area contributed by atoms with Crippen molar-refractivity contribution in [3.8, 4) is 0 Å². The second-order valence-corrected chi connectivity index (χ2v) is 6.39. The van der Waals surface area contributed by atoms with Crippen molar-refractivity contribution in [1.29, 1.82) is 0 Å². The van der Waals surface area contributed by atoms with E-state index in [-0.39, 0.29) is 11.7 Å². The van der Waals surface area contributed by atoms with Gasteiger partial charge in [0.25, 0.3) is 0 Å². The van der Waals surface area contributed by atoms with Gasteiger partial charge in [-0.3, -0.25) is 0 Å². The monoisotopic (exact) mass is 226 g/mol. The zero-order valence-electron chi connectivity index (χ0n) is 10.9. The molecule has 1 heterocycles. The molecule has 4 atom stereocenters. The predicted molar refractivity (Wildman–Crippen MR) is 65.3 cm³/mol. The Kier molecular flexibility index (Phi) is 3.60. The molecule has 2 fully saturated rings. The number of hydrogen-bond acceptors (Lipinski definition) is 2. The Hall–Kier alpha value is -0.0800. The highest BCUT2D eigenvalue weighted by Gasteiger charge is 2.43. The topological polar surface area (TPSA) is 29.5 Å². The number of aliphatic hydroxyl groups is 1. The van der Waals surface area contributed by atoms with E-state index in [0.29, 0.717) is 5.92 Å². The van der Waals surface area contributed by atoms with Gasteiger partial charge in [-0.15, -0.1) is 0 Å². The standard InChI is InChI=1S/C14H26O2/c1-10-7-11(2)9-12(8-10)13(15)14(3)5-4-6-16-14/h10-13,15H,4-9H2,1-3H3. The lowest BCUT2D eigenvalue weighted by molar-refractivity contribution is -0.112. The molecule has 0 amide bonds. The highest BCUT2D eigenvalue weighted by molar-refractivity contribution is 4.93. The van der Waals surface area contributed by atoms with Crippen LogP contribution in [0.25, 0.3) is 0 Å². The minimum atomic E-state index is -0.264. The van der Waals surface area contributed by atoms with Gasteiger partial charge in [0.2, 0.25) is 0 Å². The maximum absolute atomic E-state index is 10.5. The average Bonchev–Trinajstić information content (AvgIpc) is 2.64. The molecule has 1 saturated carbocycles. The Bertz CT molecular complexity index is 223. The Morgan fingerprint density at radius 1 is 1.19 bits per heavy atom. The molecular weight excluding hydrogens is 200 g/mol. The summed E-state index contributed by atoms with van der Waals surface area (Å²) in [6.45, 7) is 7.54. The van der Waals surface area contributed by atoms with Gasteiger partial charge in [-0.2, -0.15) is 0 Å². The van der Waals surface area contributed by atoms with Crippen LogP contribution in [0.2, 0.25) is 0 Å². The van der Waals surface area contributed by atoms with Crippen molar-refractivity contribution in [3.63, 3.8) is 0 Å². The molecule has 1 saturated heterocycles. The van der Waals surface area contributed by atoms with Crippen LogP contribution in [0.1, 0.15) is 52.9 Å². The van der Waals surface area contributed by atoms with Gasteiger partial charge in [-0.1, -0.05) is 13.8 Å². The van der Waals surface area contributed by atoms with Crippen LogP contribution in [0, 0.1) is 17.8 Å². The van der Waals surface area contributed by atoms with Crippen LogP contribution in [0.5, 0.6) is 0 Å². The van der Waals surface area contributed by atoms with E-state index in [4.69, 9.17) is 4.74 Å². The molecule has 2 aliphatic rings. The minimum Gasteiger partial charge on any atom is -0.390 e. The molecule has 2 rings (SSSR count). The number of aliphatic hydroxyl groups excluding tert-OH is 1. The number of rotatable bonds is 2. The number of ether oxygens (including phenoxy) is 1. The number of hydrogen-bond donors (Lipinski definition) is 1. The quantitative estimate of drug-likeness (QED) is 0.784. The van der Waals surface area contributed by atoms with E-state index in [2.05, 4.69) is 20.8 Å². The lowest BCUT2D eigenvalue weighted by Crippen LogP contribution is -2.45. The molecular formula is C14H26O2. The van der Waals surface area contributed by atoms with Gasteiger partial charge in [0, 0.05) is 6.61 Å². The molecule has 0 spiro atoms. The predicted octanol–water partition coefficient (Wildman–Crippen LogP) is 2.99. The summed E-state index contributed by atoms with van der Waals surface area (Å²) in [5.74, 6) is 1.96. The van der Waals surface area contributed by atoms with E-state index in [1.807, 2.05) is 0 Å². The molecule has 0 bridgehead atoms. The third-order valence-electron chi connectivity index (χ3n) is 4.54. The molecule has 0 aromatic rings. The second-order valence-electron chi connectivity index (χ2n) is 6.39. The van der Waals surface area contributed by atoms with Crippen LogP contribution in [0.4, 0.5) is 0 Å². The average molecular weight is 226 g/mol. The molecule has 1 aliphatic heterocycles. The van der Waals surface area contributed by atoms with Gasteiger partial charge in [0.1, 0.15) is 0 Å². The fourth-order valence-electron chi connectivity index (χ4n) is 3.80. The van der Waals surface area contributed by atoms with E-state index >= 15 is 0 Å². The second kappa shape index (κ2) is 4.66. The van der Waals surface area contributed by atoms with Crippen LogP contribution in [-0.4, -0.2) is 23.4 Å². The van der Waals surface area contributed by atoms with Crippen LogP contribution < -0.4 is 0 Å². The van der Waals surface area contributed by atoms with Crippen molar-refractivity contribution in [2.45, 2.75) is 64.6 Å². The van der Waals surface area contributed by atoms with E-state index in [9.17, 15) is 5.11 Å². The summed E-state index contributed by atoms with van der Waals surface area (Å²) >= 11 is 0. The minimum absolute atomic E-state index is 0.262. The van der Waals surface area contributed by atoms with Crippen LogP contribution in [-0.2, 0) is 4.74 Å². The normalized spacial score (nSPS) is 46.9. The smallest absolute Gasteiger partial charge is 0.0915 e. The van der Waals surface area contributed by atoms with Crippen molar-refractivity contribution in [1.82, 2.24) is 0 Å². The summed E-state index contributed by atoms with van der Waals surface area (Å²) in [6.07, 6.45) is 5.52. The fraction of sp³-hybridized carbons (Fsp3) is 1.00. The SMILES string of the molecule is CC1CC(C)CC(C(O)C2(C)CCCO2)C1. The van der Waals surface area contributed by atoms with Crippen molar-refractivity contribution in [2.75, 3.05) is 6.61 Å². The molecule has 2 heteroatoms. The van der Waals surface area contributed by atoms with E-state index in [0.717, 1.165) is 31.3 Å². The van der Waals surface area contributed by atoms with Crippen molar-refractivity contribution in [3.05, 3.63) is 0 Å². The first-order chi connectivity index (χ1) is 7.51. The molecule has 0 aromatic heterocycles. The summed E-state index contributed by atoms with van der Waals surface area (Å²) in [6, 6.07) is 0. The molecule has 16 heavy (non-hydrogen) atoms. The third kappa shape index (κ3) is 2.43. The Balaban J connectivity index is 2.00. The first-order valence-corrected chi connectivity index (χ1v) is 6.83. The van der Waals surface area contributed by atoms with Gasteiger partial charge in [-0.25, -0.2) is 0 Å². The fourth-order valence-corrected chi connectivity index (χ4v) is 3.80. The highest BCUT2D eigenvalue weighted by Crippen LogP contribution is 2.40. The maximum atomic E-state index is 10.5. The lowest BCUT2D eigenvalue weighted by atomic mass is 9.71. The van der Waals surface area contributed by atoms with E-state index < -0.39 is 0 Å². The van der Waals surface area contributed by atoms with E-state index in [1.54, 1.807) is 0 Å². The molecule has 4 unspecified atom stereocenters. The summed E-state index contributed by atoms with van der Waals surface area (Å²) in [5, 5.41) is 10.5. The largest absolute Gasteiger partial charge is 0.390 e. The molecule has 2 nitrogen and oxygen atoms in total. The Labute approximate surface area is 99.4 Å². The lowest BCUT2D eigenvalue weighted by Gasteiger charge is -2.40.